The maximum atomic E-state index is 11.9. The number of hydrogen-bond donors (Lipinski definition) is 1. The van der Waals surface area contributed by atoms with Gasteiger partial charge in [0.15, 0.2) is 5.96 Å². The Morgan fingerprint density at radius 2 is 2.00 bits per heavy atom. The Labute approximate surface area is 155 Å². The molecule has 0 bridgehead atoms. The van der Waals surface area contributed by atoms with E-state index in [2.05, 4.69) is 15.2 Å². The van der Waals surface area contributed by atoms with Gasteiger partial charge >= 0.3 is 5.97 Å². The zero-order chi connectivity index (χ0) is 18.9. The summed E-state index contributed by atoms with van der Waals surface area (Å²) in [5.41, 5.74) is 1.02. The highest BCUT2D eigenvalue weighted by atomic mass is 16.5. The Kier molecular flexibility index (Phi) is 7.56. The first-order valence-corrected chi connectivity index (χ1v) is 8.96. The molecule has 0 aromatic heterocycles. The van der Waals surface area contributed by atoms with Gasteiger partial charge in [-0.05, 0) is 31.9 Å². The molecule has 0 atom stereocenters. The predicted octanol–water partition coefficient (Wildman–Crippen LogP) is 2.05. The molecule has 7 nitrogen and oxygen atoms in total. The monoisotopic (exact) mass is 363 g/mol. The van der Waals surface area contributed by atoms with Gasteiger partial charge in [-0.25, -0.2) is 0 Å². The Balaban J connectivity index is 1.92. The lowest BCUT2D eigenvalue weighted by Gasteiger charge is -2.33. The fourth-order valence-corrected chi connectivity index (χ4v) is 3.09. The van der Waals surface area contributed by atoms with Crippen molar-refractivity contribution in [1.82, 2.24) is 10.2 Å². The number of rotatable bonds is 6. The number of hydrogen-bond acceptors (Lipinski definition) is 5. The molecular weight excluding hydrogens is 334 g/mol. The third-order valence-electron chi connectivity index (χ3n) is 4.56. The smallest absolute Gasteiger partial charge is 0.309 e. The van der Waals surface area contributed by atoms with Crippen LogP contribution in [0.25, 0.3) is 0 Å². The van der Waals surface area contributed by atoms with Crippen LogP contribution in [0.4, 0.5) is 0 Å². The number of aliphatic imine (C=N–C) groups is 1. The van der Waals surface area contributed by atoms with E-state index in [4.69, 9.17) is 14.2 Å². The molecule has 1 aliphatic rings. The van der Waals surface area contributed by atoms with E-state index >= 15 is 0 Å². The molecule has 1 aromatic carbocycles. The number of nitrogens with one attached hydrogen (secondary N) is 1. The van der Waals surface area contributed by atoms with Gasteiger partial charge in [0.2, 0.25) is 0 Å². The highest BCUT2D eigenvalue weighted by molar-refractivity contribution is 5.80. The number of methoxy groups -OCH3 is 2. The Hall–Kier alpha value is -2.44. The van der Waals surface area contributed by atoms with E-state index in [-0.39, 0.29) is 11.9 Å². The molecule has 0 aliphatic carbocycles. The molecule has 0 radical (unpaired) electrons. The Bertz CT molecular complexity index is 625. The van der Waals surface area contributed by atoms with Crippen LogP contribution in [-0.4, -0.2) is 57.8 Å². The van der Waals surface area contributed by atoms with Crippen LogP contribution in [0.15, 0.2) is 23.2 Å². The summed E-state index contributed by atoms with van der Waals surface area (Å²) >= 11 is 0. The Morgan fingerprint density at radius 3 is 2.58 bits per heavy atom. The second-order valence-corrected chi connectivity index (χ2v) is 6.09. The van der Waals surface area contributed by atoms with Crippen molar-refractivity contribution in [2.24, 2.45) is 10.9 Å². The number of likely N-dealkylation sites (tertiary alicyclic amines) is 1. The number of carbonyl (C=O) groups is 1. The molecule has 0 spiro atoms. The average Bonchev–Trinajstić information content (AvgIpc) is 2.69. The van der Waals surface area contributed by atoms with E-state index in [0.29, 0.717) is 13.2 Å². The fourth-order valence-electron chi connectivity index (χ4n) is 3.09. The highest BCUT2D eigenvalue weighted by Crippen LogP contribution is 2.24. The topological polar surface area (TPSA) is 72.4 Å². The van der Waals surface area contributed by atoms with Crippen molar-refractivity contribution in [3.8, 4) is 11.5 Å². The number of carbonyl (C=O) groups excluding carboxylic acids is 1. The molecule has 2 rings (SSSR count). The minimum Gasteiger partial charge on any atom is -0.497 e. The minimum atomic E-state index is -0.0851. The van der Waals surface area contributed by atoms with Crippen LogP contribution in [-0.2, 0) is 16.1 Å². The zero-order valence-corrected chi connectivity index (χ0v) is 16.1. The summed E-state index contributed by atoms with van der Waals surface area (Å²) in [5.74, 6) is 2.26. The molecule has 1 aliphatic heterocycles. The van der Waals surface area contributed by atoms with E-state index in [0.717, 1.165) is 49.0 Å². The molecule has 0 unspecified atom stereocenters. The number of piperidine rings is 1. The fraction of sp³-hybridized carbons (Fsp3) is 0.579. The normalized spacial score (nSPS) is 15.5. The summed E-state index contributed by atoms with van der Waals surface area (Å²) in [6, 6.07) is 5.75. The lowest BCUT2D eigenvalue weighted by Crippen LogP contribution is -2.46. The molecule has 7 heteroatoms. The lowest BCUT2D eigenvalue weighted by atomic mass is 9.97. The summed E-state index contributed by atoms with van der Waals surface area (Å²) in [7, 11) is 5.05. The summed E-state index contributed by atoms with van der Waals surface area (Å²) in [5, 5.41) is 3.38. The van der Waals surface area contributed by atoms with Gasteiger partial charge in [0, 0.05) is 38.3 Å². The molecule has 1 heterocycles. The van der Waals surface area contributed by atoms with Gasteiger partial charge < -0.3 is 24.4 Å². The minimum absolute atomic E-state index is 0.00834. The maximum Gasteiger partial charge on any atom is 0.309 e. The molecule has 0 saturated carbocycles. The standard InChI is InChI=1S/C19H29N3O4/c1-5-26-18(23)14-8-10-22(11-9-14)19(20-2)21-13-15-6-7-16(24-3)12-17(15)25-4/h6-7,12,14H,5,8-11,13H2,1-4H3,(H,20,21). The molecule has 144 valence electrons. The van der Waals surface area contributed by atoms with Crippen molar-refractivity contribution in [3.63, 3.8) is 0 Å². The van der Waals surface area contributed by atoms with Crippen LogP contribution in [0.2, 0.25) is 0 Å². The van der Waals surface area contributed by atoms with Gasteiger partial charge in [-0.15, -0.1) is 0 Å². The highest BCUT2D eigenvalue weighted by Gasteiger charge is 2.27. The molecular formula is C19H29N3O4. The molecule has 1 saturated heterocycles. The van der Waals surface area contributed by atoms with Crippen LogP contribution in [0.5, 0.6) is 11.5 Å². The van der Waals surface area contributed by atoms with Crippen LogP contribution in [0.1, 0.15) is 25.3 Å². The molecule has 26 heavy (non-hydrogen) atoms. The van der Waals surface area contributed by atoms with E-state index in [1.807, 2.05) is 25.1 Å². The van der Waals surface area contributed by atoms with Crippen molar-refractivity contribution in [3.05, 3.63) is 23.8 Å². The number of ether oxygens (including phenoxy) is 3. The first kappa shape index (κ1) is 19.9. The van der Waals surface area contributed by atoms with Crippen LogP contribution >= 0.6 is 0 Å². The van der Waals surface area contributed by atoms with Crippen molar-refractivity contribution in [1.29, 1.82) is 0 Å². The largest absolute Gasteiger partial charge is 0.497 e. The first-order valence-electron chi connectivity index (χ1n) is 8.96. The summed E-state index contributed by atoms with van der Waals surface area (Å²) in [4.78, 5) is 18.4. The number of benzene rings is 1. The third-order valence-corrected chi connectivity index (χ3v) is 4.56. The summed E-state index contributed by atoms with van der Waals surface area (Å²) < 4.78 is 15.8. The van der Waals surface area contributed by atoms with Gasteiger partial charge in [-0.2, -0.15) is 0 Å². The number of esters is 1. The molecule has 1 aromatic rings. The first-order chi connectivity index (χ1) is 12.6. The van der Waals surface area contributed by atoms with Crippen molar-refractivity contribution in [2.75, 3.05) is 41.0 Å². The van der Waals surface area contributed by atoms with Crippen molar-refractivity contribution in [2.45, 2.75) is 26.3 Å². The Morgan fingerprint density at radius 1 is 1.27 bits per heavy atom. The zero-order valence-electron chi connectivity index (χ0n) is 16.1. The quantitative estimate of drug-likeness (QED) is 0.474. The van der Waals surface area contributed by atoms with Crippen LogP contribution in [0, 0.1) is 5.92 Å². The van der Waals surface area contributed by atoms with E-state index in [9.17, 15) is 4.79 Å². The summed E-state index contributed by atoms with van der Waals surface area (Å²) in [6.07, 6.45) is 1.57. The van der Waals surface area contributed by atoms with Crippen LogP contribution in [0.3, 0.4) is 0 Å². The van der Waals surface area contributed by atoms with E-state index in [1.165, 1.54) is 0 Å². The average molecular weight is 363 g/mol. The summed E-state index contributed by atoms with van der Waals surface area (Å²) in [6.45, 7) is 4.43. The molecule has 1 fully saturated rings. The second kappa shape index (κ2) is 9.89. The second-order valence-electron chi connectivity index (χ2n) is 6.09. The molecule has 0 amide bonds. The third kappa shape index (κ3) is 5.03. The molecule has 1 N–H and O–H groups in total. The van der Waals surface area contributed by atoms with Gasteiger partial charge in [0.1, 0.15) is 11.5 Å². The predicted molar refractivity (Wildman–Crippen MR) is 101 cm³/mol. The number of guanidine groups is 1. The number of nitrogens with zero attached hydrogens (tertiary/aromatic N) is 2. The van der Waals surface area contributed by atoms with E-state index in [1.54, 1.807) is 21.3 Å². The van der Waals surface area contributed by atoms with Gasteiger partial charge in [0.05, 0.1) is 26.7 Å². The SMILES string of the molecule is CCOC(=O)C1CCN(C(=NC)NCc2ccc(OC)cc2OC)CC1. The van der Waals surface area contributed by atoms with Gasteiger partial charge in [-0.3, -0.25) is 9.79 Å². The lowest BCUT2D eigenvalue weighted by molar-refractivity contribution is -0.149. The van der Waals surface area contributed by atoms with E-state index < -0.39 is 0 Å². The van der Waals surface area contributed by atoms with Gasteiger partial charge in [-0.1, -0.05) is 0 Å². The maximum absolute atomic E-state index is 11.9. The van der Waals surface area contributed by atoms with Crippen LogP contribution < -0.4 is 14.8 Å². The van der Waals surface area contributed by atoms with Gasteiger partial charge in [0.25, 0.3) is 0 Å². The van der Waals surface area contributed by atoms with Crippen molar-refractivity contribution < 1.29 is 19.0 Å². The van der Waals surface area contributed by atoms with Crippen molar-refractivity contribution >= 4 is 11.9 Å².